The van der Waals surface area contributed by atoms with Gasteiger partial charge in [0.05, 0.1) is 10.2 Å². The molecule has 0 bridgehead atoms. The summed E-state index contributed by atoms with van der Waals surface area (Å²) in [6.07, 6.45) is 0. The van der Waals surface area contributed by atoms with Gasteiger partial charge in [0.25, 0.3) is 0 Å². The van der Waals surface area contributed by atoms with E-state index in [2.05, 4.69) is 68.6 Å². The summed E-state index contributed by atoms with van der Waals surface area (Å²) in [5.41, 5.74) is 4.72. The summed E-state index contributed by atoms with van der Waals surface area (Å²) < 4.78 is 1.26. The van der Waals surface area contributed by atoms with E-state index < -0.39 is 0 Å². The topological polar surface area (TPSA) is 24.9 Å². The Bertz CT molecular complexity index is 742. The monoisotopic (exact) mass is 296 g/mol. The van der Waals surface area contributed by atoms with Gasteiger partial charge in [0.15, 0.2) is 0 Å². The van der Waals surface area contributed by atoms with Crippen LogP contribution in [0.15, 0.2) is 42.5 Å². The average Bonchev–Trinajstić information content (AvgIpc) is 2.88. The minimum Gasteiger partial charge on any atom is -0.385 e. The van der Waals surface area contributed by atoms with E-state index in [1.54, 1.807) is 11.3 Å². The van der Waals surface area contributed by atoms with Crippen LogP contribution >= 0.6 is 11.3 Å². The number of aryl methyl sites for hydroxylation is 1. The molecule has 0 atom stereocenters. The lowest BCUT2D eigenvalue weighted by atomic mass is 10.2. The summed E-state index contributed by atoms with van der Waals surface area (Å²) >= 11 is 1.76. The third-order valence-electron chi connectivity index (χ3n) is 3.39. The molecule has 1 aromatic heterocycles. The van der Waals surface area contributed by atoms with E-state index in [9.17, 15) is 0 Å². The van der Waals surface area contributed by atoms with Gasteiger partial charge in [-0.2, -0.15) is 0 Å². The molecule has 0 saturated carbocycles. The highest BCUT2D eigenvalue weighted by Crippen LogP contribution is 2.31. The molecular formula is C18H20N2S. The Morgan fingerprint density at radius 1 is 1.10 bits per heavy atom. The Labute approximate surface area is 129 Å². The SMILES string of the molecule is Cc1ccc2nc(-c3ccc(NCC(C)C)cc3)sc2c1. The summed E-state index contributed by atoms with van der Waals surface area (Å²) in [6.45, 7) is 7.54. The van der Waals surface area contributed by atoms with Crippen molar-refractivity contribution in [3.8, 4) is 10.6 Å². The second-order valence-electron chi connectivity index (χ2n) is 5.84. The predicted molar refractivity (Wildman–Crippen MR) is 93.1 cm³/mol. The van der Waals surface area contributed by atoms with Gasteiger partial charge in [-0.15, -0.1) is 11.3 Å². The fraction of sp³-hybridized carbons (Fsp3) is 0.278. The molecule has 3 rings (SSSR count). The first-order valence-electron chi connectivity index (χ1n) is 7.33. The maximum absolute atomic E-state index is 4.73. The van der Waals surface area contributed by atoms with E-state index in [-0.39, 0.29) is 0 Å². The molecule has 0 aliphatic rings. The highest BCUT2D eigenvalue weighted by atomic mass is 32.1. The van der Waals surface area contributed by atoms with E-state index in [1.165, 1.54) is 21.5 Å². The molecule has 0 spiro atoms. The summed E-state index contributed by atoms with van der Waals surface area (Å²) in [4.78, 5) is 4.73. The lowest BCUT2D eigenvalue weighted by molar-refractivity contribution is 0.689. The van der Waals surface area contributed by atoms with Crippen LogP contribution in [0.1, 0.15) is 19.4 Å². The molecule has 2 aromatic carbocycles. The number of rotatable bonds is 4. The Morgan fingerprint density at radius 3 is 2.57 bits per heavy atom. The molecule has 108 valence electrons. The van der Waals surface area contributed by atoms with Crippen molar-refractivity contribution in [3.63, 3.8) is 0 Å². The van der Waals surface area contributed by atoms with Crippen molar-refractivity contribution in [1.29, 1.82) is 0 Å². The van der Waals surface area contributed by atoms with Gasteiger partial charge in [-0.25, -0.2) is 4.98 Å². The fourth-order valence-electron chi connectivity index (χ4n) is 2.21. The van der Waals surface area contributed by atoms with Gasteiger partial charge >= 0.3 is 0 Å². The van der Waals surface area contributed by atoms with E-state index in [4.69, 9.17) is 4.98 Å². The standard InChI is InChI=1S/C18H20N2S/c1-12(2)11-19-15-7-5-14(6-8-15)18-20-16-9-4-13(3)10-17(16)21-18/h4-10,12,19H,11H2,1-3H3. The van der Waals surface area contributed by atoms with E-state index in [0.717, 1.165) is 17.1 Å². The van der Waals surface area contributed by atoms with Crippen LogP contribution in [0.25, 0.3) is 20.8 Å². The van der Waals surface area contributed by atoms with Gasteiger partial charge in [-0.05, 0) is 54.8 Å². The van der Waals surface area contributed by atoms with Gasteiger partial charge in [-0.1, -0.05) is 19.9 Å². The van der Waals surface area contributed by atoms with Gasteiger partial charge in [0.2, 0.25) is 0 Å². The van der Waals surface area contributed by atoms with E-state index in [1.807, 2.05) is 0 Å². The molecule has 21 heavy (non-hydrogen) atoms. The molecule has 1 heterocycles. The van der Waals surface area contributed by atoms with Crippen LogP contribution in [0.5, 0.6) is 0 Å². The number of thiazole rings is 1. The molecular weight excluding hydrogens is 276 g/mol. The normalized spacial score (nSPS) is 11.2. The van der Waals surface area contributed by atoms with Crippen LogP contribution in [0, 0.1) is 12.8 Å². The molecule has 3 heteroatoms. The Hall–Kier alpha value is -1.87. The van der Waals surface area contributed by atoms with Gasteiger partial charge in [-0.3, -0.25) is 0 Å². The summed E-state index contributed by atoms with van der Waals surface area (Å²) in [6, 6.07) is 15.0. The maximum atomic E-state index is 4.73. The molecule has 0 aliphatic heterocycles. The molecule has 0 radical (unpaired) electrons. The molecule has 0 unspecified atom stereocenters. The fourth-order valence-corrected chi connectivity index (χ4v) is 3.28. The molecule has 0 aliphatic carbocycles. The average molecular weight is 296 g/mol. The van der Waals surface area contributed by atoms with Gasteiger partial charge in [0, 0.05) is 17.8 Å². The second kappa shape index (κ2) is 5.86. The first-order chi connectivity index (χ1) is 10.1. The highest BCUT2D eigenvalue weighted by Gasteiger charge is 2.06. The number of nitrogens with zero attached hydrogens (tertiary/aromatic N) is 1. The minimum absolute atomic E-state index is 0.650. The van der Waals surface area contributed by atoms with Crippen molar-refractivity contribution in [1.82, 2.24) is 4.98 Å². The Kier molecular flexibility index (Phi) is 3.93. The third kappa shape index (κ3) is 3.24. The maximum Gasteiger partial charge on any atom is 0.124 e. The van der Waals surface area contributed by atoms with Crippen molar-refractivity contribution in [2.75, 3.05) is 11.9 Å². The summed E-state index contributed by atoms with van der Waals surface area (Å²) in [5, 5.41) is 4.53. The minimum atomic E-state index is 0.650. The Morgan fingerprint density at radius 2 is 1.86 bits per heavy atom. The van der Waals surface area contributed by atoms with Crippen molar-refractivity contribution in [2.45, 2.75) is 20.8 Å². The third-order valence-corrected chi connectivity index (χ3v) is 4.46. The van der Waals surface area contributed by atoms with Crippen molar-refractivity contribution in [2.24, 2.45) is 5.92 Å². The smallest absolute Gasteiger partial charge is 0.124 e. The summed E-state index contributed by atoms with van der Waals surface area (Å²) in [7, 11) is 0. The van der Waals surface area contributed by atoms with Crippen molar-refractivity contribution < 1.29 is 0 Å². The van der Waals surface area contributed by atoms with Crippen LogP contribution in [-0.2, 0) is 0 Å². The molecule has 0 fully saturated rings. The van der Waals surface area contributed by atoms with Crippen LogP contribution in [0.4, 0.5) is 5.69 Å². The van der Waals surface area contributed by atoms with Gasteiger partial charge in [0.1, 0.15) is 5.01 Å². The number of hydrogen-bond donors (Lipinski definition) is 1. The van der Waals surface area contributed by atoms with Crippen LogP contribution < -0.4 is 5.32 Å². The first kappa shape index (κ1) is 14.1. The molecule has 0 amide bonds. The zero-order valence-electron chi connectivity index (χ0n) is 12.7. The summed E-state index contributed by atoms with van der Waals surface area (Å²) in [5.74, 6) is 0.650. The number of benzene rings is 2. The molecule has 2 nitrogen and oxygen atoms in total. The lowest BCUT2D eigenvalue weighted by Gasteiger charge is -2.08. The molecule has 0 saturated heterocycles. The quantitative estimate of drug-likeness (QED) is 0.703. The van der Waals surface area contributed by atoms with Crippen molar-refractivity contribution in [3.05, 3.63) is 48.0 Å². The number of nitrogens with one attached hydrogen (secondary N) is 1. The first-order valence-corrected chi connectivity index (χ1v) is 8.15. The van der Waals surface area contributed by atoms with Crippen LogP contribution in [-0.4, -0.2) is 11.5 Å². The van der Waals surface area contributed by atoms with E-state index >= 15 is 0 Å². The lowest BCUT2D eigenvalue weighted by Crippen LogP contribution is -2.07. The number of fused-ring (bicyclic) bond motifs is 1. The molecule has 1 N–H and O–H groups in total. The number of hydrogen-bond acceptors (Lipinski definition) is 3. The Balaban J connectivity index is 1.85. The predicted octanol–water partition coefficient (Wildman–Crippen LogP) is 5.34. The van der Waals surface area contributed by atoms with E-state index in [0.29, 0.717) is 5.92 Å². The van der Waals surface area contributed by atoms with Crippen LogP contribution in [0.2, 0.25) is 0 Å². The zero-order chi connectivity index (χ0) is 14.8. The number of aromatic nitrogens is 1. The highest BCUT2D eigenvalue weighted by molar-refractivity contribution is 7.21. The van der Waals surface area contributed by atoms with Crippen LogP contribution in [0.3, 0.4) is 0 Å². The van der Waals surface area contributed by atoms with Gasteiger partial charge < -0.3 is 5.32 Å². The second-order valence-corrected chi connectivity index (χ2v) is 6.87. The van der Waals surface area contributed by atoms with Crippen molar-refractivity contribution >= 4 is 27.2 Å². The number of anilines is 1. The molecule has 3 aromatic rings. The largest absolute Gasteiger partial charge is 0.385 e. The zero-order valence-corrected chi connectivity index (χ0v) is 13.5.